The Labute approximate surface area is 146 Å². The number of hydrogen-bond donors (Lipinski definition) is 2. The number of anilines is 1. The highest BCUT2D eigenvalue weighted by molar-refractivity contribution is 5.93. The highest BCUT2D eigenvalue weighted by atomic mass is 16.5. The van der Waals surface area contributed by atoms with Gasteiger partial charge in [0.2, 0.25) is 5.91 Å². The minimum absolute atomic E-state index is 0.0109. The van der Waals surface area contributed by atoms with E-state index in [9.17, 15) is 4.79 Å². The van der Waals surface area contributed by atoms with E-state index < -0.39 is 0 Å². The molecule has 0 radical (unpaired) electrons. The predicted molar refractivity (Wildman–Crippen MR) is 97.3 cm³/mol. The highest BCUT2D eigenvalue weighted by Gasteiger charge is 2.16. The van der Waals surface area contributed by atoms with Crippen molar-refractivity contribution in [2.45, 2.75) is 19.3 Å². The first-order chi connectivity index (χ1) is 12.1. The molecule has 6 heteroatoms. The van der Waals surface area contributed by atoms with Crippen LogP contribution in [0.25, 0.3) is 10.9 Å². The maximum Gasteiger partial charge on any atom is 0.224 e. The maximum atomic E-state index is 12.4. The second-order valence-corrected chi connectivity index (χ2v) is 5.93. The van der Waals surface area contributed by atoms with Crippen molar-refractivity contribution in [3.8, 4) is 11.5 Å². The Morgan fingerprint density at radius 3 is 2.80 bits per heavy atom. The van der Waals surface area contributed by atoms with Gasteiger partial charge in [-0.1, -0.05) is 13.0 Å². The summed E-state index contributed by atoms with van der Waals surface area (Å²) in [5, 5.41) is 10.8. The van der Waals surface area contributed by atoms with Crippen molar-refractivity contribution in [2.75, 3.05) is 19.5 Å². The maximum absolute atomic E-state index is 12.4. The zero-order chi connectivity index (χ0) is 17.8. The van der Waals surface area contributed by atoms with Gasteiger partial charge < -0.3 is 14.8 Å². The van der Waals surface area contributed by atoms with Gasteiger partial charge in [-0.05, 0) is 35.7 Å². The van der Waals surface area contributed by atoms with Crippen LogP contribution in [0.4, 0.5) is 5.69 Å². The normalized spacial score (nSPS) is 12.0. The molecule has 0 saturated heterocycles. The molecule has 0 aliphatic rings. The number of aromatic nitrogens is 2. The molecule has 1 atom stereocenters. The van der Waals surface area contributed by atoms with Gasteiger partial charge in [-0.15, -0.1) is 0 Å². The van der Waals surface area contributed by atoms with Crippen LogP contribution in [0.1, 0.15) is 24.8 Å². The van der Waals surface area contributed by atoms with Crippen LogP contribution in [0.5, 0.6) is 11.5 Å². The number of carbonyl (C=O) groups is 1. The average molecular weight is 339 g/mol. The van der Waals surface area contributed by atoms with Crippen molar-refractivity contribution in [3.63, 3.8) is 0 Å². The summed E-state index contributed by atoms with van der Waals surface area (Å²) in [6.07, 6.45) is 2.10. The highest BCUT2D eigenvalue weighted by Crippen LogP contribution is 2.32. The lowest BCUT2D eigenvalue weighted by Crippen LogP contribution is -2.14. The molecule has 1 heterocycles. The summed E-state index contributed by atoms with van der Waals surface area (Å²) in [5.74, 6) is 1.41. The summed E-state index contributed by atoms with van der Waals surface area (Å²) in [7, 11) is 3.23. The summed E-state index contributed by atoms with van der Waals surface area (Å²) >= 11 is 0. The van der Waals surface area contributed by atoms with Crippen molar-refractivity contribution in [2.24, 2.45) is 0 Å². The summed E-state index contributed by atoms with van der Waals surface area (Å²) < 4.78 is 10.6. The fourth-order valence-electron chi connectivity index (χ4n) is 2.84. The monoisotopic (exact) mass is 339 g/mol. The van der Waals surface area contributed by atoms with E-state index in [1.54, 1.807) is 20.4 Å². The number of aromatic amines is 1. The lowest BCUT2D eigenvalue weighted by molar-refractivity contribution is -0.116. The first kappa shape index (κ1) is 16.8. The molecule has 1 aromatic heterocycles. The number of nitrogens with zero attached hydrogens (tertiary/aromatic N) is 1. The Balaban J connectivity index is 1.69. The van der Waals surface area contributed by atoms with Crippen LogP contribution in [-0.2, 0) is 4.79 Å². The number of H-pyrrole nitrogens is 1. The van der Waals surface area contributed by atoms with Gasteiger partial charge in [0, 0.05) is 23.6 Å². The molecule has 25 heavy (non-hydrogen) atoms. The molecular formula is C19H21N3O3. The first-order valence-electron chi connectivity index (χ1n) is 8.05. The van der Waals surface area contributed by atoms with Gasteiger partial charge in [0.15, 0.2) is 0 Å². The van der Waals surface area contributed by atoms with Gasteiger partial charge in [0.1, 0.15) is 11.5 Å². The summed E-state index contributed by atoms with van der Waals surface area (Å²) in [6.45, 7) is 2.00. The van der Waals surface area contributed by atoms with Crippen LogP contribution in [0.2, 0.25) is 0 Å². The van der Waals surface area contributed by atoms with Crippen LogP contribution in [0.15, 0.2) is 42.6 Å². The molecule has 3 aromatic rings. The van der Waals surface area contributed by atoms with Crippen LogP contribution in [-0.4, -0.2) is 30.3 Å². The van der Waals surface area contributed by atoms with E-state index in [4.69, 9.17) is 9.47 Å². The van der Waals surface area contributed by atoms with E-state index >= 15 is 0 Å². The van der Waals surface area contributed by atoms with Crippen LogP contribution in [0.3, 0.4) is 0 Å². The van der Waals surface area contributed by atoms with Gasteiger partial charge in [0.25, 0.3) is 0 Å². The number of amides is 1. The molecule has 2 aromatic carbocycles. The van der Waals surface area contributed by atoms with Crippen molar-refractivity contribution >= 4 is 22.5 Å². The second kappa shape index (κ2) is 7.25. The number of rotatable bonds is 6. The zero-order valence-corrected chi connectivity index (χ0v) is 14.5. The van der Waals surface area contributed by atoms with E-state index in [1.165, 1.54) is 0 Å². The lowest BCUT2D eigenvalue weighted by atomic mass is 9.96. The Kier molecular flexibility index (Phi) is 4.88. The molecule has 0 spiro atoms. The van der Waals surface area contributed by atoms with E-state index in [2.05, 4.69) is 15.5 Å². The van der Waals surface area contributed by atoms with E-state index in [-0.39, 0.29) is 11.8 Å². The smallest absolute Gasteiger partial charge is 0.224 e. The van der Waals surface area contributed by atoms with Crippen LogP contribution < -0.4 is 14.8 Å². The number of hydrogen-bond acceptors (Lipinski definition) is 4. The molecule has 0 saturated carbocycles. The van der Waals surface area contributed by atoms with Gasteiger partial charge in [-0.25, -0.2) is 0 Å². The van der Waals surface area contributed by atoms with Crippen molar-refractivity contribution in [3.05, 3.63) is 48.2 Å². The van der Waals surface area contributed by atoms with Gasteiger partial charge in [0.05, 0.1) is 25.9 Å². The molecule has 0 aliphatic carbocycles. The predicted octanol–water partition coefficient (Wildman–Crippen LogP) is 3.71. The molecule has 1 amide bonds. The zero-order valence-electron chi connectivity index (χ0n) is 14.5. The van der Waals surface area contributed by atoms with Crippen LogP contribution >= 0.6 is 0 Å². The number of benzene rings is 2. The number of methoxy groups -OCH3 is 2. The Bertz CT molecular complexity index is 889. The quantitative estimate of drug-likeness (QED) is 0.718. The third-order valence-electron chi connectivity index (χ3n) is 4.19. The van der Waals surface area contributed by atoms with E-state index in [1.807, 2.05) is 43.3 Å². The molecular weight excluding hydrogens is 318 g/mol. The molecule has 6 nitrogen and oxygen atoms in total. The molecule has 2 N–H and O–H groups in total. The fraction of sp³-hybridized carbons (Fsp3) is 0.263. The van der Waals surface area contributed by atoms with Gasteiger partial charge >= 0.3 is 0 Å². The Morgan fingerprint density at radius 1 is 1.20 bits per heavy atom. The average Bonchev–Trinajstić information content (AvgIpc) is 3.08. The van der Waals surface area contributed by atoms with Crippen molar-refractivity contribution in [1.82, 2.24) is 10.2 Å². The number of fused-ring (bicyclic) bond motifs is 1. The van der Waals surface area contributed by atoms with Gasteiger partial charge in [-0.2, -0.15) is 5.10 Å². The van der Waals surface area contributed by atoms with E-state index in [0.717, 1.165) is 33.7 Å². The molecule has 0 bridgehead atoms. The molecule has 3 rings (SSSR count). The summed E-state index contributed by atoms with van der Waals surface area (Å²) in [5.41, 5.74) is 2.61. The Hall–Kier alpha value is -3.02. The molecule has 0 fully saturated rings. The fourth-order valence-corrected chi connectivity index (χ4v) is 2.84. The number of carbonyl (C=O) groups excluding carboxylic acids is 1. The largest absolute Gasteiger partial charge is 0.497 e. The van der Waals surface area contributed by atoms with E-state index in [0.29, 0.717) is 6.42 Å². The Morgan fingerprint density at radius 2 is 2.04 bits per heavy atom. The standard InChI is InChI=1S/C19H21N3O3/c1-12(16-7-6-15(24-2)10-18(16)25-3)8-19(23)21-14-5-4-13-11-20-22-17(13)9-14/h4-7,9-12H,8H2,1-3H3,(H,20,22)(H,21,23). The number of ether oxygens (including phenoxy) is 2. The third-order valence-corrected chi connectivity index (χ3v) is 4.19. The summed E-state index contributed by atoms with van der Waals surface area (Å²) in [4.78, 5) is 12.4. The minimum atomic E-state index is -0.0516. The lowest BCUT2D eigenvalue weighted by Gasteiger charge is -2.16. The molecule has 0 aliphatic heterocycles. The minimum Gasteiger partial charge on any atom is -0.497 e. The first-order valence-corrected chi connectivity index (χ1v) is 8.05. The molecule has 1 unspecified atom stereocenters. The van der Waals surface area contributed by atoms with Crippen molar-refractivity contribution in [1.29, 1.82) is 0 Å². The second-order valence-electron chi connectivity index (χ2n) is 5.93. The van der Waals surface area contributed by atoms with Crippen LogP contribution in [0, 0.1) is 0 Å². The van der Waals surface area contributed by atoms with Crippen molar-refractivity contribution < 1.29 is 14.3 Å². The molecule has 130 valence electrons. The topological polar surface area (TPSA) is 76.2 Å². The third kappa shape index (κ3) is 3.74. The SMILES string of the molecule is COc1ccc(C(C)CC(=O)Nc2ccc3cn[nH]c3c2)c(OC)c1. The number of nitrogens with one attached hydrogen (secondary N) is 2. The summed E-state index contributed by atoms with van der Waals surface area (Å²) in [6, 6.07) is 11.3. The van der Waals surface area contributed by atoms with Gasteiger partial charge in [-0.3, -0.25) is 9.89 Å².